The monoisotopic (exact) mass is 534 g/mol. The van der Waals surface area contributed by atoms with Crippen molar-refractivity contribution in [3.8, 4) is 5.75 Å². The van der Waals surface area contributed by atoms with E-state index in [0.717, 1.165) is 6.54 Å². The zero-order valence-corrected chi connectivity index (χ0v) is 19.6. The Morgan fingerprint density at radius 1 is 1.31 bits per heavy atom. The van der Waals surface area contributed by atoms with E-state index in [1.165, 1.54) is 29.1 Å². The van der Waals surface area contributed by atoms with Crippen LogP contribution in [0.4, 0.5) is 5.69 Å². The van der Waals surface area contributed by atoms with Crippen LogP contribution in [0.2, 0.25) is 0 Å². The Morgan fingerprint density at radius 3 is 2.62 bits per heavy atom. The molecule has 160 valence electrons. The van der Waals surface area contributed by atoms with Crippen molar-refractivity contribution in [2.75, 3.05) is 26.2 Å². The fraction of sp³-hybridized carbons (Fsp3) is 0.421. The van der Waals surface area contributed by atoms with E-state index in [1.807, 2.05) is 13.0 Å². The lowest BCUT2D eigenvalue weighted by Gasteiger charge is -2.16. The maximum atomic E-state index is 10.6. The van der Waals surface area contributed by atoms with Gasteiger partial charge in [-0.1, -0.05) is 13.0 Å². The van der Waals surface area contributed by atoms with Crippen molar-refractivity contribution >= 4 is 47.0 Å². The molecule has 0 aliphatic heterocycles. The predicted octanol–water partition coefficient (Wildman–Crippen LogP) is 3.37. The second-order valence-electron chi connectivity index (χ2n) is 6.23. The molecule has 2 unspecified atom stereocenters. The number of nitro groups is 1. The zero-order valence-electron chi connectivity index (χ0n) is 16.4. The van der Waals surface area contributed by atoms with Crippen molar-refractivity contribution in [3.63, 3.8) is 0 Å². The van der Waals surface area contributed by atoms with Crippen LogP contribution in [0, 0.1) is 10.1 Å². The molecule has 8 nitrogen and oxygen atoms in total. The highest BCUT2D eigenvalue weighted by Crippen LogP contribution is 2.19. The predicted molar refractivity (Wildman–Crippen MR) is 127 cm³/mol. The van der Waals surface area contributed by atoms with Crippen LogP contribution in [0.1, 0.15) is 24.6 Å². The molecule has 10 heteroatoms. The number of hydrogen-bond donors (Lipinski definition) is 3. The molecule has 2 atom stereocenters. The molecule has 2 rings (SSSR count). The number of non-ortho nitro benzene ring substituents is 1. The second-order valence-corrected chi connectivity index (χ2v) is 7.21. The molecule has 29 heavy (non-hydrogen) atoms. The fourth-order valence-electron chi connectivity index (χ4n) is 2.37. The quantitative estimate of drug-likeness (QED) is 0.142. The van der Waals surface area contributed by atoms with Gasteiger partial charge in [0.25, 0.3) is 5.69 Å². The number of benzene rings is 1. The number of nitrogens with one attached hydrogen (secondary N) is 2. The summed E-state index contributed by atoms with van der Waals surface area (Å²) in [7, 11) is 0. The SMILES string of the molecule is CCNC(=NCC(O)COc1ccc([N+](=O)[O-])cc1)NCC(C)c1cccs1.I. The van der Waals surface area contributed by atoms with E-state index in [4.69, 9.17) is 4.74 Å². The van der Waals surface area contributed by atoms with Gasteiger partial charge >= 0.3 is 0 Å². The third-order valence-corrected chi connectivity index (χ3v) is 5.00. The average molecular weight is 534 g/mol. The summed E-state index contributed by atoms with van der Waals surface area (Å²) >= 11 is 1.73. The standard InChI is InChI=1S/C19H26N4O4S.HI/c1-3-20-19(21-11-14(2)18-5-4-10-28-18)22-12-16(24)13-27-17-8-6-15(7-9-17)23(25)26;/h4-10,14,16,24H,3,11-13H2,1-2H3,(H2,20,21,22);1H. The van der Waals surface area contributed by atoms with Gasteiger partial charge in [0.15, 0.2) is 5.96 Å². The summed E-state index contributed by atoms with van der Waals surface area (Å²) in [5.74, 6) is 1.46. The van der Waals surface area contributed by atoms with Gasteiger partial charge in [-0.25, -0.2) is 0 Å². The van der Waals surface area contributed by atoms with Gasteiger partial charge in [-0.15, -0.1) is 35.3 Å². The molecule has 0 aliphatic carbocycles. The molecule has 0 bridgehead atoms. The lowest BCUT2D eigenvalue weighted by molar-refractivity contribution is -0.384. The van der Waals surface area contributed by atoms with Gasteiger partial charge in [0, 0.05) is 36.0 Å². The van der Waals surface area contributed by atoms with Crippen LogP contribution in [-0.2, 0) is 0 Å². The van der Waals surface area contributed by atoms with Crippen LogP contribution in [0.25, 0.3) is 0 Å². The van der Waals surface area contributed by atoms with Gasteiger partial charge < -0.3 is 20.5 Å². The Balaban J connectivity index is 0.00000420. The molecule has 0 saturated heterocycles. The Morgan fingerprint density at radius 2 is 2.03 bits per heavy atom. The van der Waals surface area contributed by atoms with E-state index >= 15 is 0 Å². The topological polar surface area (TPSA) is 109 Å². The highest BCUT2D eigenvalue weighted by molar-refractivity contribution is 14.0. The number of aliphatic hydroxyl groups excluding tert-OH is 1. The summed E-state index contributed by atoms with van der Waals surface area (Å²) in [5, 5.41) is 29.2. The Bertz CT molecular complexity index is 756. The maximum absolute atomic E-state index is 10.6. The van der Waals surface area contributed by atoms with E-state index in [-0.39, 0.29) is 42.8 Å². The van der Waals surface area contributed by atoms with Gasteiger partial charge in [-0.2, -0.15) is 0 Å². The molecule has 0 saturated carbocycles. The summed E-state index contributed by atoms with van der Waals surface area (Å²) in [4.78, 5) is 15.9. The number of guanidine groups is 1. The van der Waals surface area contributed by atoms with Crippen LogP contribution in [0.3, 0.4) is 0 Å². The number of ether oxygens (including phenoxy) is 1. The molecule has 0 amide bonds. The molecule has 1 aromatic carbocycles. The minimum absolute atomic E-state index is 0. The van der Waals surface area contributed by atoms with E-state index in [1.54, 1.807) is 11.3 Å². The number of hydrogen-bond acceptors (Lipinski definition) is 6. The smallest absolute Gasteiger partial charge is 0.269 e. The van der Waals surface area contributed by atoms with Gasteiger partial charge in [-0.3, -0.25) is 15.1 Å². The first-order chi connectivity index (χ1) is 13.5. The highest BCUT2D eigenvalue weighted by Gasteiger charge is 2.10. The minimum Gasteiger partial charge on any atom is -0.491 e. The van der Waals surface area contributed by atoms with E-state index in [0.29, 0.717) is 24.2 Å². The third kappa shape index (κ3) is 8.96. The van der Waals surface area contributed by atoms with E-state index in [9.17, 15) is 15.2 Å². The zero-order chi connectivity index (χ0) is 20.4. The Kier molecular flexibility index (Phi) is 11.5. The molecule has 1 aromatic heterocycles. The number of aliphatic imine (C=N–C) groups is 1. The Labute approximate surface area is 191 Å². The van der Waals surface area contributed by atoms with Crippen LogP contribution in [0.5, 0.6) is 5.75 Å². The van der Waals surface area contributed by atoms with Crippen LogP contribution >= 0.6 is 35.3 Å². The molecular weight excluding hydrogens is 507 g/mol. The summed E-state index contributed by atoms with van der Waals surface area (Å²) in [6.07, 6.45) is -0.791. The molecule has 1 heterocycles. The van der Waals surface area contributed by atoms with Gasteiger partial charge in [0.2, 0.25) is 0 Å². The van der Waals surface area contributed by atoms with E-state index < -0.39 is 11.0 Å². The molecule has 0 fully saturated rings. The lowest BCUT2D eigenvalue weighted by atomic mass is 10.1. The molecule has 0 radical (unpaired) electrons. The van der Waals surface area contributed by atoms with Crippen molar-refractivity contribution in [2.45, 2.75) is 25.9 Å². The number of rotatable bonds is 10. The van der Waals surface area contributed by atoms with Crippen molar-refractivity contribution in [2.24, 2.45) is 4.99 Å². The maximum Gasteiger partial charge on any atom is 0.269 e. The Hall–Kier alpha value is -1.92. The normalized spacial score (nSPS) is 13.1. The first-order valence-electron chi connectivity index (χ1n) is 9.10. The lowest BCUT2D eigenvalue weighted by Crippen LogP contribution is -2.39. The highest BCUT2D eigenvalue weighted by atomic mass is 127. The third-order valence-electron chi connectivity index (χ3n) is 3.90. The number of halogens is 1. The summed E-state index contributed by atoms with van der Waals surface area (Å²) in [5.41, 5.74) is -0.00405. The van der Waals surface area contributed by atoms with Gasteiger partial charge in [0.05, 0.1) is 11.5 Å². The molecule has 2 aromatic rings. The van der Waals surface area contributed by atoms with Crippen molar-refractivity contribution in [1.82, 2.24) is 10.6 Å². The van der Waals surface area contributed by atoms with E-state index in [2.05, 4.69) is 34.0 Å². The average Bonchev–Trinajstić information content (AvgIpc) is 3.23. The van der Waals surface area contributed by atoms with Crippen molar-refractivity contribution in [3.05, 3.63) is 56.8 Å². The first-order valence-corrected chi connectivity index (χ1v) is 9.98. The fourth-order valence-corrected chi connectivity index (χ4v) is 3.16. The summed E-state index contributed by atoms with van der Waals surface area (Å²) in [6, 6.07) is 9.89. The molecular formula is C19H27IN4O4S. The number of aliphatic hydroxyl groups is 1. The molecule has 0 aliphatic rings. The van der Waals surface area contributed by atoms with Crippen molar-refractivity contribution in [1.29, 1.82) is 0 Å². The van der Waals surface area contributed by atoms with Crippen LogP contribution < -0.4 is 15.4 Å². The number of nitrogens with zero attached hydrogens (tertiary/aromatic N) is 2. The second kappa shape index (κ2) is 13.3. The van der Waals surface area contributed by atoms with Crippen LogP contribution in [0.15, 0.2) is 46.8 Å². The van der Waals surface area contributed by atoms with Gasteiger partial charge in [0.1, 0.15) is 18.5 Å². The molecule has 0 spiro atoms. The number of nitro benzene ring substituents is 1. The largest absolute Gasteiger partial charge is 0.491 e. The van der Waals surface area contributed by atoms with Crippen LogP contribution in [-0.4, -0.2) is 48.3 Å². The molecule has 3 N–H and O–H groups in total. The summed E-state index contributed by atoms with van der Waals surface area (Å²) < 4.78 is 5.46. The summed E-state index contributed by atoms with van der Waals surface area (Å²) in [6.45, 7) is 5.81. The minimum atomic E-state index is -0.791. The van der Waals surface area contributed by atoms with Gasteiger partial charge in [-0.05, 0) is 30.5 Å². The number of thiophene rings is 1. The first kappa shape index (κ1) is 25.1. The van der Waals surface area contributed by atoms with Crippen molar-refractivity contribution < 1.29 is 14.8 Å².